The quantitative estimate of drug-likeness (QED) is 0.848. The Balaban J connectivity index is 1.87. The second-order valence-electron chi connectivity index (χ2n) is 4.18. The fourth-order valence-electron chi connectivity index (χ4n) is 1.72. The summed E-state index contributed by atoms with van der Waals surface area (Å²) in [6.07, 6.45) is 4.72. The molecule has 0 bridgehead atoms. The van der Waals surface area contributed by atoms with Crippen LogP contribution in [0.5, 0.6) is 0 Å². The van der Waals surface area contributed by atoms with E-state index in [9.17, 15) is 8.42 Å². The van der Waals surface area contributed by atoms with Gasteiger partial charge in [-0.15, -0.1) is 11.3 Å². The molecule has 4 nitrogen and oxygen atoms in total. The number of nitrogen functional groups attached to an aromatic ring is 1. The SMILES string of the molecule is Nc1csc(S(=O)(=O)NCCC2CCC2)c1. The summed E-state index contributed by atoms with van der Waals surface area (Å²) in [6.45, 7) is 0.533. The van der Waals surface area contributed by atoms with E-state index in [0.29, 0.717) is 16.4 Å². The van der Waals surface area contributed by atoms with Gasteiger partial charge in [0.2, 0.25) is 10.0 Å². The highest BCUT2D eigenvalue weighted by atomic mass is 32.2. The van der Waals surface area contributed by atoms with Crippen LogP contribution >= 0.6 is 11.3 Å². The van der Waals surface area contributed by atoms with Crippen molar-refractivity contribution in [3.05, 3.63) is 11.4 Å². The lowest BCUT2D eigenvalue weighted by atomic mass is 9.83. The van der Waals surface area contributed by atoms with Crippen LogP contribution in [0.15, 0.2) is 15.7 Å². The minimum Gasteiger partial charge on any atom is -0.398 e. The Bertz CT molecular complexity index is 449. The average molecular weight is 260 g/mol. The summed E-state index contributed by atoms with van der Waals surface area (Å²) in [5.41, 5.74) is 6.01. The van der Waals surface area contributed by atoms with E-state index in [0.717, 1.165) is 23.7 Å². The second kappa shape index (κ2) is 4.73. The third-order valence-electron chi connectivity index (χ3n) is 2.93. The second-order valence-corrected chi connectivity index (χ2v) is 7.09. The summed E-state index contributed by atoms with van der Waals surface area (Å²) in [7, 11) is -3.33. The Labute approximate surface area is 99.9 Å². The fraction of sp³-hybridized carbons (Fsp3) is 0.600. The molecule has 90 valence electrons. The molecule has 3 N–H and O–H groups in total. The number of thiophene rings is 1. The predicted octanol–water partition coefficient (Wildman–Crippen LogP) is 1.80. The Kier molecular flexibility index (Phi) is 3.51. The molecule has 0 aliphatic heterocycles. The molecular formula is C10H16N2O2S2. The predicted molar refractivity (Wildman–Crippen MR) is 65.9 cm³/mol. The topological polar surface area (TPSA) is 72.2 Å². The molecule has 0 atom stereocenters. The Morgan fingerprint density at radius 3 is 2.75 bits per heavy atom. The van der Waals surface area contributed by atoms with Gasteiger partial charge in [0.15, 0.2) is 0 Å². The minimum absolute atomic E-state index is 0.304. The normalized spacial score (nSPS) is 17.2. The van der Waals surface area contributed by atoms with E-state index in [-0.39, 0.29) is 0 Å². The molecular weight excluding hydrogens is 244 g/mol. The van der Waals surface area contributed by atoms with Gasteiger partial charge in [0.25, 0.3) is 0 Å². The number of nitrogens with one attached hydrogen (secondary N) is 1. The number of nitrogens with two attached hydrogens (primary N) is 1. The third-order valence-corrected chi connectivity index (χ3v) is 5.85. The molecule has 16 heavy (non-hydrogen) atoms. The van der Waals surface area contributed by atoms with Crippen LogP contribution in [-0.4, -0.2) is 15.0 Å². The first-order valence-corrected chi connectivity index (χ1v) is 7.78. The van der Waals surface area contributed by atoms with Crippen LogP contribution in [0.2, 0.25) is 0 Å². The molecule has 0 aromatic carbocycles. The minimum atomic E-state index is -3.33. The van der Waals surface area contributed by atoms with E-state index in [1.807, 2.05) is 0 Å². The van der Waals surface area contributed by atoms with Gasteiger partial charge < -0.3 is 5.73 Å². The molecule has 1 fully saturated rings. The maximum Gasteiger partial charge on any atom is 0.250 e. The Hall–Kier alpha value is -0.590. The number of hydrogen-bond acceptors (Lipinski definition) is 4. The Morgan fingerprint density at radius 1 is 1.50 bits per heavy atom. The van der Waals surface area contributed by atoms with E-state index in [1.165, 1.54) is 25.3 Å². The van der Waals surface area contributed by atoms with Crippen LogP contribution in [0.25, 0.3) is 0 Å². The van der Waals surface area contributed by atoms with Crippen LogP contribution in [-0.2, 0) is 10.0 Å². The summed E-state index contributed by atoms with van der Waals surface area (Å²) < 4.78 is 26.5. The molecule has 1 heterocycles. The van der Waals surface area contributed by atoms with Gasteiger partial charge >= 0.3 is 0 Å². The molecule has 0 saturated heterocycles. The van der Waals surface area contributed by atoms with Gasteiger partial charge in [0.1, 0.15) is 4.21 Å². The number of sulfonamides is 1. The molecule has 0 spiro atoms. The van der Waals surface area contributed by atoms with Gasteiger partial charge in [0.05, 0.1) is 0 Å². The van der Waals surface area contributed by atoms with E-state index in [2.05, 4.69) is 4.72 Å². The summed E-state index contributed by atoms with van der Waals surface area (Å²) in [5.74, 6) is 0.719. The molecule has 1 aromatic heterocycles. The van der Waals surface area contributed by atoms with Crippen molar-refractivity contribution in [3.63, 3.8) is 0 Å². The van der Waals surface area contributed by atoms with E-state index in [1.54, 1.807) is 5.38 Å². The third kappa shape index (κ3) is 2.75. The lowest BCUT2D eigenvalue weighted by molar-refractivity contribution is 0.297. The van der Waals surface area contributed by atoms with Crippen LogP contribution in [0.4, 0.5) is 5.69 Å². The van der Waals surface area contributed by atoms with Crippen molar-refractivity contribution in [1.82, 2.24) is 4.72 Å². The van der Waals surface area contributed by atoms with Crippen LogP contribution < -0.4 is 10.5 Å². The smallest absolute Gasteiger partial charge is 0.250 e. The zero-order chi connectivity index (χ0) is 11.6. The fourth-order valence-corrected chi connectivity index (χ4v) is 3.89. The van der Waals surface area contributed by atoms with Gasteiger partial charge in [-0.05, 0) is 18.4 Å². The van der Waals surface area contributed by atoms with Crippen molar-refractivity contribution in [2.24, 2.45) is 5.92 Å². The van der Waals surface area contributed by atoms with Gasteiger partial charge in [0, 0.05) is 17.6 Å². The molecule has 1 aromatic rings. The van der Waals surface area contributed by atoms with Crippen molar-refractivity contribution in [2.45, 2.75) is 29.9 Å². The highest BCUT2D eigenvalue weighted by molar-refractivity contribution is 7.91. The lowest BCUT2D eigenvalue weighted by Gasteiger charge is -2.24. The lowest BCUT2D eigenvalue weighted by Crippen LogP contribution is -2.27. The monoisotopic (exact) mass is 260 g/mol. The van der Waals surface area contributed by atoms with E-state index < -0.39 is 10.0 Å². The molecule has 0 radical (unpaired) electrons. The van der Waals surface area contributed by atoms with E-state index in [4.69, 9.17) is 5.73 Å². The van der Waals surface area contributed by atoms with E-state index >= 15 is 0 Å². The zero-order valence-corrected chi connectivity index (χ0v) is 10.6. The molecule has 1 saturated carbocycles. The molecule has 2 rings (SSSR count). The summed E-state index contributed by atoms with van der Waals surface area (Å²) in [5, 5.41) is 1.64. The Morgan fingerprint density at radius 2 is 2.25 bits per heavy atom. The standard InChI is InChI=1S/C10H16N2O2S2/c11-9-6-10(15-7-9)16(13,14)12-5-4-8-2-1-3-8/h6-8,12H,1-5,11H2. The van der Waals surface area contributed by atoms with Crippen molar-refractivity contribution >= 4 is 27.0 Å². The van der Waals surface area contributed by atoms with Crippen molar-refractivity contribution in [1.29, 1.82) is 0 Å². The summed E-state index contributed by atoms with van der Waals surface area (Å²) >= 11 is 1.16. The first kappa shape index (κ1) is 11.9. The number of anilines is 1. The molecule has 1 aliphatic carbocycles. The van der Waals surface area contributed by atoms with Crippen molar-refractivity contribution in [3.8, 4) is 0 Å². The zero-order valence-electron chi connectivity index (χ0n) is 8.98. The molecule has 0 unspecified atom stereocenters. The first-order chi connectivity index (χ1) is 7.58. The van der Waals surface area contributed by atoms with Gasteiger partial charge in [-0.3, -0.25) is 0 Å². The summed E-state index contributed by atoms with van der Waals surface area (Å²) in [6, 6.07) is 1.50. The molecule has 0 amide bonds. The van der Waals surface area contributed by atoms with Gasteiger partial charge in [-0.1, -0.05) is 19.3 Å². The van der Waals surface area contributed by atoms with Crippen LogP contribution in [0, 0.1) is 5.92 Å². The van der Waals surface area contributed by atoms with Crippen LogP contribution in [0.3, 0.4) is 0 Å². The number of rotatable bonds is 5. The van der Waals surface area contributed by atoms with Gasteiger partial charge in [-0.2, -0.15) is 0 Å². The number of hydrogen-bond donors (Lipinski definition) is 2. The summed E-state index contributed by atoms with van der Waals surface area (Å²) in [4.78, 5) is 0. The average Bonchev–Trinajstić information content (AvgIpc) is 2.57. The largest absolute Gasteiger partial charge is 0.398 e. The first-order valence-electron chi connectivity index (χ1n) is 5.41. The highest BCUT2D eigenvalue weighted by Gasteiger charge is 2.19. The van der Waals surface area contributed by atoms with Gasteiger partial charge in [-0.25, -0.2) is 13.1 Å². The molecule has 1 aliphatic rings. The highest BCUT2D eigenvalue weighted by Crippen LogP contribution is 2.29. The maximum absolute atomic E-state index is 11.8. The van der Waals surface area contributed by atoms with Crippen molar-refractivity contribution in [2.75, 3.05) is 12.3 Å². The van der Waals surface area contributed by atoms with Crippen LogP contribution in [0.1, 0.15) is 25.7 Å². The molecule has 6 heteroatoms. The maximum atomic E-state index is 11.8. The van der Waals surface area contributed by atoms with Crippen molar-refractivity contribution < 1.29 is 8.42 Å².